The Hall–Kier alpha value is -2.12. The number of hydrogen-bond acceptors (Lipinski definition) is 3. The molecule has 0 spiro atoms. The van der Waals surface area contributed by atoms with Crippen molar-refractivity contribution in [3.05, 3.63) is 58.4 Å². The third kappa shape index (κ3) is 5.19. The largest absolute Gasteiger partial charge is 0.326 e. The van der Waals surface area contributed by atoms with Crippen LogP contribution in [0, 0.1) is 19.7 Å². The van der Waals surface area contributed by atoms with E-state index in [2.05, 4.69) is 5.32 Å². The van der Waals surface area contributed by atoms with Crippen LogP contribution in [0.5, 0.6) is 0 Å². The van der Waals surface area contributed by atoms with Crippen molar-refractivity contribution in [2.75, 3.05) is 22.4 Å². The topological polar surface area (TPSA) is 66.5 Å². The molecule has 0 aliphatic heterocycles. The van der Waals surface area contributed by atoms with Crippen LogP contribution in [0.3, 0.4) is 0 Å². The van der Waals surface area contributed by atoms with Crippen LogP contribution in [0.4, 0.5) is 15.8 Å². The van der Waals surface area contributed by atoms with Gasteiger partial charge in [-0.2, -0.15) is 0 Å². The minimum Gasteiger partial charge on any atom is -0.326 e. The van der Waals surface area contributed by atoms with Crippen LogP contribution in [-0.2, 0) is 14.8 Å². The summed E-state index contributed by atoms with van der Waals surface area (Å²) >= 11 is 6.25. The van der Waals surface area contributed by atoms with Crippen LogP contribution < -0.4 is 9.62 Å². The van der Waals surface area contributed by atoms with Gasteiger partial charge in [0.05, 0.1) is 17.0 Å². The number of rotatable bonds is 6. The molecule has 2 aromatic rings. The summed E-state index contributed by atoms with van der Waals surface area (Å²) in [5, 5.41) is 2.85. The minimum absolute atomic E-state index is 0.0798. The van der Waals surface area contributed by atoms with Crippen molar-refractivity contribution in [3.8, 4) is 0 Å². The van der Waals surface area contributed by atoms with Crippen LogP contribution >= 0.6 is 11.6 Å². The molecule has 2 rings (SSSR count). The van der Waals surface area contributed by atoms with Gasteiger partial charge >= 0.3 is 0 Å². The Morgan fingerprint density at radius 3 is 2.50 bits per heavy atom. The van der Waals surface area contributed by atoms with E-state index in [-0.39, 0.29) is 13.0 Å². The Balaban J connectivity index is 2.19. The molecule has 0 saturated carbocycles. The van der Waals surface area contributed by atoms with E-state index in [1.165, 1.54) is 18.2 Å². The van der Waals surface area contributed by atoms with Gasteiger partial charge in [0, 0.05) is 18.7 Å². The third-order valence-corrected chi connectivity index (χ3v) is 5.15. The highest BCUT2D eigenvalue weighted by Gasteiger charge is 2.23. The quantitative estimate of drug-likeness (QED) is 0.802. The number of aryl methyl sites for hydroxylation is 2. The zero-order valence-corrected chi connectivity index (χ0v) is 16.3. The summed E-state index contributed by atoms with van der Waals surface area (Å²) in [6, 6.07) is 8.98. The van der Waals surface area contributed by atoms with Crippen LogP contribution in [0.15, 0.2) is 36.4 Å². The van der Waals surface area contributed by atoms with Crippen molar-refractivity contribution >= 4 is 38.9 Å². The van der Waals surface area contributed by atoms with Crippen molar-refractivity contribution in [1.29, 1.82) is 0 Å². The van der Waals surface area contributed by atoms with Gasteiger partial charge in [-0.25, -0.2) is 12.8 Å². The summed E-state index contributed by atoms with van der Waals surface area (Å²) < 4.78 is 38.7. The molecule has 0 radical (unpaired) electrons. The minimum atomic E-state index is -3.64. The fourth-order valence-electron chi connectivity index (χ4n) is 2.66. The monoisotopic (exact) mass is 398 g/mol. The smallest absolute Gasteiger partial charge is 0.232 e. The number of benzene rings is 2. The SMILES string of the molecule is Cc1cc(C)c(N(CCC(=O)Nc2cccc(F)c2)S(C)(=O)=O)c(Cl)c1. The average molecular weight is 399 g/mol. The van der Waals surface area contributed by atoms with Crippen molar-refractivity contribution in [2.45, 2.75) is 20.3 Å². The Kier molecular flexibility index (Phi) is 6.26. The number of halogens is 2. The Morgan fingerprint density at radius 2 is 1.92 bits per heavy atom. The lowest BCUT2D eigenvalue weighted by atomic mass is 10.1. The molecule has 0 heterocycles. The van der Waals surface area contributed by atoms with Gasteiger partial charge in [-0.05, 0) is 49.2 Å². The van der Waals surface area contributed by atoms with E-state index in [4.69, 9.17) is 11.6 Å². The molecule has 0 aliphatic rings. The number of hydrogen-bond donors (Lipinski definition) is 1. The van der Waals surface area contributed by atoms with Crippen molar-refractivity contribution in [2.24, 2.45) is 0 Å². The predicted molar refractivity (Wildman–Crippen MR) is 103 cm³/mol. The number of carbonyl (C=O) groups is 1. The van der Waals surface area contributed by atoms with Gasteiger partial charge in [0.15, 0.2) is 0 Å². The molecule has 0 bridgehead atoms. The normalized spacial score (nSPS) is 11.3. The second kappa shape index (κ2) is 8.05. The van der Waals surface area contributed by atoms with Crippen LogP contribution in [0.1, 0.15) is 17.5 Å². The summed E-state index contributed by atoms with van der Waals surface area (Å²) in [7, 11) is -3.64. The average Bonchev–Trinajstić information content (AvgIpc) is 2.48. The van der Waals surface area contributed by atoms with Gasteiger partial charge in [0.25, 0.3) is 0 Å². The molecule has 0 aromatic heterocycles. The Bertz CT molecular complexity index is 909. The fourth-order valence-corrected chi connectivity index (χ4v) is 4.13. The molecule has 26 heavy (non-hydrogen) atoms. The second-order valence-electron chi connectivity index (χ2n) is 6.06. The first-order chi connectivity index (χ1) is 12.1. The van der Waals surface area contributed by atoms with E-state index >= 15 is 0 Å². The van der Waals surface area contributed by atoms with Gasteiger partial charge in [-0.3, -0.25) is 9.10 Å². The maximum atomic E-state index is 13.2. The van der Waals surface area contributed by atoms with E-state index < -0.39 is 21.7 Å². The fraction of sp³-hybridized carbons (Fsp3) is 0.278. The first kappa shape index (κ1) is 20.2. The molecule has 8 heteroatoms. The first-order valence-corrected chi connectivity index (χ1v) is 10.1. The summed E-state index contributed by atoms with van der Waals surface area (Å²) in [5.41, 5.74) is 2.28. The lowest BCUT2D eigenvalue weighted by Crippen LogP contribution is -2.33. The Labute approximate surface area is 157 Å². The van der Waals surface area contributed by atoms with Gasteiger partial charge in [0.1, 0.15) is 5.82 Å². The number of sulfonamides is 1. The highest BCUT2D eigenvalue weighted by molar-refractivity contribution is 7.92. The van der Waals surface area contributed by atoms with E-state index in [0.717, 1.165) is 16.1 Å². The van der Waals surface area contributed by atoms with E-state index in [1.807, 2.05) is 13.0 Å². The molecule has 0 atom stereocenters. The van der Waals surface area contributed by atoms with Gasteiger partial charge < -0.3 is 5.32 Å². The van der Waals surface area contributed by atoms with Gasteiger partial charge in [-0.1, -0.05) is 23.7 Å². The molecule has 0 unspecified atom stereocenters. The number of amides is 1. The van der Waals surface area contributed by atoms with E-state index in [9.17, 15) is 17.6 Å². The van der Waals surface area contributed by atoms with Crippen molar-refractivity contribution < 1.29 is 17.6 Å². The molecular weight excluding hydrogens is 379 g/mol. The van der Waals surface area contributed by atoms with E-state index in [0.29, 0.717) is 22.0 Å². The molecule has 2 aromatic carbocycles. The molecule has 140 valence electrons. The maximum absolute atomic E-state index is 13.2. The highest BCUT2D eigenvalue weighted by atomic mass is 35.5. The first-order valence-electron chi connectivity index (χ1n) is 7.88. The van der Waals surface area contributed by atoms with Gasteiger partial charge in [0.2, 0.25) is 15.9 Å². The summed E-state index contributed by atoms with van der Waals surface area (Å²) in [6.45, 7) is 3.54. The number of nitrogens with one attached hydrogen (secondary N) is 1. The van der Waals surface area contributed by atoms with Gasteiger partial charge in [-0.15, -0.1) is 0 Å². The molecule has 0 saturated heterocycles. The highest BCUT2D eigenvalue weighted by Crippen LogP contribution is 2.32. The van der Waals surface area contributed by atoms with Crippen LogP contribution in [0.2, 0.25) is 5.02 Å². The Morgan fingerprint density at radius 1 is 1.23 bits per heavy atom. The van der Waals surface area contributed by atoms with Crippen molar-refractivity contribution in [3.63, 3.8) is 0 Å². The zero-order chi connectivity index (χ0) is 19.5. The number of carbonyl (C=O) groups excluding carboxylic acids is 1. The summed E-state index contributed by atoms with van der Waals surface area (Å²) in [5.74, 6) is -0.896. The van der Waals surface area contributed by atoms with Crippen molar-refractivity contribution in [1.82, 2.24) is 0 Å². The predicted octanol–water partition coefficient (Wildman–Crippen LogP) is 3.89. The molecule has 0 aliphatic carbocycles. The summed E-state index contributed by atoms with van der Waals surface area (Å²) in [4.78, 5) is 12.1. The van der Waals surface area contributed by atoms with Crippen LogP contribution in [0.25, 0.3) is 0 Å². The zero-order valence-electron chi connectivity index (χ0n) is 14.7. The molecule has 1 amide bonds. The summed E-state index contributed by atoms with van der Waals surface area (Å²) in [6.07, 6.45) is 0.959. The van der Waals surface area contributed by atoms with E-state index in [1.54, 1.807) is 19.1 Å². The molecular formula is C18H20ClFN2O3S. The number of anilines is 2. The second-order valence-corrected chi connectivity index (χ2v) is 8.37. The molecule has 1 N–H and O–H groups in total. The molecule has 5 nitrogen and oxygen atoms in total. The number of nitrogens with zero attached hydrogens (tertiary/aromatic N) is 1. The lowest BCUT2D eigenvalue weighted by Gasteiger charge is -2.25. The standard InChI is InChI=1S/C18H20ClFN2O3S/c1-12-9-13(2)18(16(19)10-12)22(26(3,24)25)8-7-17(23)21-15-6-4-5-14(20)11-15/h4-6,9-11H,7-8H2,1-3H3,(H,21,23). The third-order valence-electron chi connectivity index (χ3n) is 3.70. The lowest BCUT2D eigenvalue weighted by molar-refractivity contribution is -0.116. The molecule has 0 fully saturated rings. The maximum Gasteiger partial charge on any atom is 0.232 e. The van der Waals surface area contributed by atoms with Crippen LogP contribution in [-0.4, -0.2) is 27.1 Å².